The van der Waals surface area contributed by atoms with E-state index in [0.29, 0.717) is 5.92 Å². The van der Waals surface area contributed by atoms with Crippen LogP contribution in [0.3, 0.4) is 0 Å². The molecule has 2 aromatic rings. The minimum atomic E-state index is -0.194. The first-order valence-corrected chi connectivity index (χ1v) is 7.43. The Kier molecular flexibility index (Phi) is 3.08. The number of hydrogen-bond donors (Lipinski definition) is 0. The van der Waals surface area contributed by atoms with Crippen molar-refractivity contribution >= 4 is 13.3 Å². The maximum Gasteiger partial charge on any atom is 0.368 e. The molecule has 110 valence electrons. The number of hydrogen-bond acceptors (Lipinski definition) is 3. The van der Waals surface area contributed by atoms with Gasteiger partial charge in [0.25, 0.3) is 0 Å². The summed E-state index contributed by atoms with van der Waals surface area (Å²) in [5.74, 6) is 0.557. The summed E-state index contributed by atoms with van der Waals surface area (Å²) in [5, 5.41) is 7.87. The van der Waals surface area contributed by atoms with E-state index in [0.717, 1.165) is 5.69 Å². The molecular formula is C15H21BN4O. The van der Waals surface area contributed by atoms with Gasteiger partial charge in [-0.05, 0) is 51.8 Å². The summed E-state index contributed by atoms with van der Waals surface area (Å²) in [6, 6.07) is 4.35. The topological polar surface area (TPSA) is 52.7 Å². The van der Waals surface area contributed by atoms with Gasteiger partial charge in [-0.1, -0.05) is 32.3 Å². The second kappa shape index (κ2) is 4.58. The Morgan fingerprint density at radius 2 is 1.90 bits per heavy atom. The van der Waals surface area contributed by atoms with Crippen LogP contribution in [0, 0.1) is 0 Å². The smallest absolute Gasteiger partial charge is 0.244 e. The molecule has 0 N–H and O–H groups in total. The lowest BCUT2D eigenvalue weighted by Crippen LogP contribution is -2.27. The fourth-order valence-corrected chi connectivity index (χ4v) is 2.90. The number of rotatable bonds is 2. The van der Waals surface area contributed by atoms with Crippen LogP contribution in [0.1, 0.15) is 50.7 Å². The van der Waals surface area contributed by atoms with Crippen LogP contribution in [0.15, 0.2) is 16.9 Å². The zero-order chi connectivity index (χ0) is 15.4. The molecule has 0 bridgehead atoms. The summed E-state index contributed by atoms with van der Waals surface area (Å²) in [6.45, 7) is 6.57. The molecule has 0 radical (unpaired) electrons. The minimum absolute atomic E-state index is 0.0345. The van der Waals surface area contributed by atoms with Crippen LogP contribution in [0.25, 0.3) is 5.69 Å². The Bertz CT molecular complexity index is 750. The Labute approximate surface area is 125 Å². The third-order valence-corrected chi connectivity index (χ3v) is 4.15. The second-order valence-corrected chi connectivity index (χ2v) is 7.05. The maximum absolute atomic E-state index is 12.2. The number of nitrogens with zero attached hydrogens (tertiary/aromatic N) is 4. The first-order valence-electron chi connectivity index (χ1n) is 7.43. The zero-order valence-corrected chi connectivity index (χ0v) is 13.3. The van der Waals surface area contributed by atoms with Crippen LogP contribution < -0.4 is 11.2 Å². The van der Waals surface area contributed by atoms with E-state index < -0.39 is 0 Å². The van der Waals surface area contributed by atoms with Crippen molar-refractivity contribution in [2.75, 3.05) is 0 Å². The highest BCUT2D eigenvalue weighted by molar-refractivity contribution is 6.33. The first kappa shape index (κ1) is 14.1. The zero-order valence-electron chi connectivity index (χ0n) is 13.3. The minimum Gasteiger partial charge on any atom is -0.244 e. The number of aryl methyl sites for hydroxylation is 1. The van der Waals surface area contributed by atoms with Crippen molar-refractivity contribution in [3.05, 3.63) is 33.7 Å². The van der Waals surface area contributed by atoms with Crippen LogP contribution in [0.4, 0.5) is 0 Å². The van der Waals surface area contributed by atoms with E-state index in [1.54, 1.807) is 7.05 Å². The standard InChI is InChI=1S/C15H21BN4O/c1-15(2,3)11-8-13(20-14(21)19(4)17-18-20)10(7-12(11)16)9-5-6-9/h7-9H,5-6,16H2,1-4H3. The van der Waals surface area contributed by atoms with E-state index in [1.807, 2.05) is 0 Å². The predicted molar refractivity (Wildman–Crippen MR) is 85.5 cm³/mol. The van der Waals surface area contributed by atoms with Crippen LogP contribution in [0.5, 0.6) is 0 Å². The van der Waals surface area contributed by atoms with Gasteiger partial charge < -0.3 is 0 Å². The summed E-state index contributed by atoms with van der Waals surface area (Å²) in [4.78, 5) is 12.2. The van der Waals surface area contributed by atoms with Crippen molar-refractivity contribution in [2.45, 2.75) is 44.9 Å². The molecule has 0 aliphatic heterocycles. The molecule has 0 saturated heterocycles. The average molecular weight is 284 g/mol. The number of aromatic nitrogens is 4. The van der Waals surface area contributed by atoms with Gasteiger partial charge in [0.1, 0.15) is 7.85 Å². The highest BCUT2D eigenvalue weighted by Crippen LogP contribution is 2.42. The van der Waals surface area contributed by atoms with Crippen molar-refractivity contribution in [3.63, 3.8) is 0 Å². The van der Waals surface area contributed by atoms with E-state index in [4.69, 9.17) is 0 Å². The normalized spacial score (nSPS) is 15.4. The molecule has 0 amide bonds. The maximum atomic E-state index is 12.2. The van der Waals surface area contributed by atoms with Gasteiger partial charge in [-0.3, -0.25) is 0 Å². The van der Waals surface area contributed by atoms with Gasteiger partial charge >= 0.3 is 5.69 Å². The molecule has 5 nitrogen and oxygen atoms in total. The van der Waals surface area contributed by atoms with Gasteiger partial charge in [-0.2, -0.15) is 9.36 Å². The molecule has 1 aromatic heterocycles. The Hall–Kier alpha value is -1.85. The van der Waals surface area contributed by atoms with E-state index in [2.05, 4.69) is 51.2 Å². The lowest BCUT2D eigenvalue weighted by atomic mass is 9.76. The lowest BCUT2D eigenvalue weighted by molar-refractivity contribution is 0.592. The van der Waals surface area contributed by atoms with Gasteiger partial charge in [0.05, 0.1) is 5.69 Å². The van der Waals surface area contributed by atoms with Crippen LogP contribution in [-0.4, -0.2) is 27.6 Å². The third kappa shape index (κ3) is 2.43. The molecule has 0 unspecified atom stereocenters. The van der Waals surface area contributed by atoms with Gasteiger partial charge in [0.2, 0.25) is 0 Å². The Morgan fingerprint density at radius 1 is 1.24 bits per heavy atom. The molecule has 1 saturated carbocycles. The molecule has 1 heterocycles. The third-order valence-electron chi connectivity index (χ3n) is 4.15. The van der Waals surface area contributed by atoms with Gasteiger partial charge in [-0.25, -0.2) is 4.79 Å². The molecule has 21 heavy (non-hydrogen) atoms. The van der Waals surface area contributed by atoms with Gasteiger partial charge in [-0.15, -0.1) is 0 Å². The molecular weight excluding hydrogens is 263 g/mol. The fraction of sp³-hybridized carbons (Fsp3) is 0.533. The van der Waals surface area contributed by atoms with E-state index in [1.165, 1.54) is 38.8 Å². The number of tetrazole rings is 1. The van der Waals surface area contributed by atoms with Gasteiger partial charge in [0, 0.05) is 7.05 Å². The second-order valence-electron chi connectivity index (χ2n) is 7.05. The van der Waals surface area contributed by atoms with Crippen molar-refractivity contribution in [1.82, 2.24) is 19.8 Å². The lowest BCUT2D eigenvalue weighted by Gasteiger charge is -2.24. The van der Waals surface area contributed by atoms with Crippen molar-refractivity contribution in [2.24, 2.45) is 7.05 Å². The summed E-state index contributed by atoms with van der Waals surface area (Å²) >= 11 is 0. The van der Waals surface area contributed by atoms with E-state index in [-0.39, 0.29) is 11.1 Å². The first-order chi connectivity index (χ1) is 9.79. The molecule has 0 atom stereocenters. The highest BCUT2D eigenvalue weighted by Gasteiger charge is 2.30. The Balaban J connectivity index is 2.26. The quantitative estimate of drug-likeness (QED) is 0.750. The van der Waals surface area contributed by atoms with Crippen molar-refractivity contribution in [3.8, 4) is 5.69 Å². The molecule has 1 aliphatic rings. The highest BCUT2D eigenvalue weighted by atomic mass is 16.2. The molecule has 0 spiro atoms. The predicted octanol–water partition coefficient (Wildman–Crippen LogP) is 0.399. The number of benzene rings is 1. The van der Waals surface area contributed by atoms with Crippen LogP contribution >= 0.6 is 0 Å². The van der Waals surface area contributed by atoms with E-state index in [9.17, 15) is 4.79 Å². The van der Waals surface area contributed by atoms with Gasteiger partial charge in [0.15, 0.2) is 0 Å². The largest absolute Gasteiger partial charge is 0.368 e. The summed E-state index contributed by atoms with van der Waals surface area (Å²) in [5.41, 5.74) is 4.49. The summed E-state index contributed by atoms with van der Waals surface area (Å²) in [7, 11) is 3.77. The van der Waals surface area contributed by atoms with E-state index >= 15 is 0 Å². The SMILES string of the molecule is Bc1cc(C2CC2)c(-n2nnn(C)c2=O)cc1C(C)(C)C. The van der Waals surface area contributed by atoms with Crippen molar-refractivity contribution in [1.29, 1.82) is 0 Å². The summed E-state index contributed by atoms with van der Waals surface area (Å²) in [6.07, 6.45) is 2.38. The average Bonchev–Trinajstić information content (AvgIpc) is 3.17. The Morgan fingerprint density at radius 3 is 2.38 bits per heavy atom. The molecule has 1 fully saturated rings. The molecule has 6 heteroatoms. The molecule has 1 aromatic carbocycles. The van der Waals surface area contributed by atoms with Crippen molar-refractivity contribution < 1.29 is 0 Å². The monoisotopic (exact) mass is 284 g/mol. The summed E-state index contributed by atoms with van der Waals surface area (Å²) < 4.78 is 2.70. The van der Waals surface area contributed by atoms with Crippen LogP contribution in [-0.2, 0) is 12.5 Å². The fourth-order valence-electron chi connectivity index (χ4n) is 2.90. The molecule has 3 rings (SSSR count). The molecule has 1 aliphatic carbocycles. The van der Waals surface area contributed by atoms with Crippen LogP contribution in [0.2, 0.25) is 0 Å².